The van der Waals surface area contributed by atoms with Gasteiger partial charge in [0.05, 0.1) is 6.61 Å². The van der Waals surface area contributed by atoms with Crippen molar-refractivity contribution in [3.8, 4) is 0 Å². The first-order chi connectivity index (χ1) is 8.24. The molecule has 0 aliphatic carbocycles. The molecule has 0 bridgehead atoms. The van der Waals surface area contributed by atoms with E-state index in [0.29, 0.717) is 32.1 Å². The van der Waals surface area contributed by atoms with Gasteiger partial charge in [0.1, 0.15) is 0 Å². The number of rotatable bonds is 11. The molecule has 4 nitrogen and oxygen atoms in total. The van der Waals surface area contributed by atoms with Crippen LogP contribution in [0.25, 0.3) is 0 Å². The maximum absolute atomic E-state index is 11.4. The highest BCUT2D eigenvalue weighted by atomic mass is 16.5. The van der Waals surface area contributed by atoms with Crippen LogP contribution in [0.2, 0.25) is 0 Å². The van der Waals surface area contributed by atoms with Crippen molar-refractivity contribution in [2.24, 2.45) is 11.7 Å². The molecule has 0 aromatic rings. The van der Waals surface area contributed by atoms with Gasteiger partial charge in [0.25, 0.3) is 0 Å². The summed E-state index contributed by atoms with van der Waals surface area (Å²) in [5, 5.41) is 0. The lowest BCUT2D eigenvalue weighted by atomic mass is 9.95. The van der Waals surface area contributed by atoms with Gasteiger partial charge in [-0.2, -0.15) is 0 Å². The Kier molecular flexibility index (Phi) is 11.4. The van der Waals surface area contributed by atoms with E-state index in [9.17, 15) is 4.79 Å². The molecule has 0 amide bonds. The molecule has 0 rings (SSSR count). The van der Waals surface area contributed by atoms with E-state index in [0.717, 1.165) is 32.1 Å². The Labute approximate surface area is 105 Å². The zero-order valence-electron chi connectivity index (χ0n) is 11.2. The Morgan fingerprint density at radius 3 is 2.59 bits per heavy atom. The monoisotopic (exact) mass is 245 g/mol. The molecule has 0 saturated carbocycles. The van der Waals surface area contributed by atoms with Gasteiger partial charge in [0, 0.05) is 26.6 Å². The molecule has 102 valence electrons. The lowest BCUT2D eigenvalue weighted by Gasteiger charge is -2.14. The number of ether oxygens (including phenoxy) is 2. The molecule has 0 aliphatic heterocycles. The highest BCUT2D eigenvalue weighted by Gasteiger charge is 2.10. The maximum atomic E-state index is 11.4. The second-order valence-electron chi connectivity index (χ2n) is 4.34. The third kappa shape index (κ3) is 10.3. The lowest BCUT2D eigenvalue weighted by Crippen LogP contribution is -2.13. The molecule has 0 heterocycles. The minimum Gasteiger partial charge on any atom is -0.466 e. The van der Waals surface area contributed by atoms with Crippen molar-refractivity contribution in [1.82, 2.24) is 0 Å². The molecule has 0 fully saturated rings. The summed E-state index contributed by atoms with van der Waals surface area (Å²) < 4.78 is 9.98. The highest BCUT2D eigenvalue weighted by Crippen LogP contribution is 2.17. The number of carbonyl (C=O) groups is 1. The molecule has 0 saturated heterocycles. The largest absolute Gasteiger partial charge is 0.466 e. The van der Waals surface area contributed by atoms with Gasteiger partial charge in [0.2, 0.25) is 0 Å². The van der Waals surface area contributed by atoms with Gasteiger partial charge < -0.3 is 15.2 Å². The SMILES string of the molecule is CCCC(CCN)CCC(=O)OCCCOC. The van der Waals surface area contributed by atoms with Crippen LogP contribution in [-0.4, -0.2) is 32.8 Å². The molecule has 4 heteroatoms. The Morgan fingerprint density at radius 1 is 1.24 bits per heavy atom. The second-order valence-corrected chi connectivity index (χ2v) is 4.34. The average Bonchev–Trinajstić information content (AvgIpc) is 2.32. The zero-order chi connectivity index (χ0) is 12.9. The van der Waals surface area contributed by atoms with Crippen LogP contribution in [0.15, 0.2) is 0 Å². The van der Waals surface area contributed by atoms with Crippen molar-refractivity contribution in [3.05, 3.63) is 0 Å². The van der Waals surface area contributed by atoms with Gasteiger partial charge in [-0.1, -0.05) is 19.8 Å². The molecular formula is C13H27NO3. The van der Waals surface area contributed by atoms with E-state index in [-0.39, 0.29) is 5.97 Å². The predicted octanol–water partition coefficient (Wildman–Crippen LogP) is 2.11. The van der Waals surface area contributed by atoms with E-state index in [2.05, 4.69) is 6.92 Å². The van der Waals surface area contributed by atoms with E-state index in [4.69, 9.17) is 15.2 Å². The summed E-state index contributed by atoms with van der Waals surface area (Å²) in [6, 6.07) is 0. The number of hydrogen-bond acceptors (Lipinski definition) is 4. The Hall–Kier alpha value is -0.610. The van der Waals surface area contributed by atoms with E-state index < -0.39 is 0 Å². The van der Waals surface area contributed by atoms with E-state index >= 15 is 0 Å². The molecule has 0 spiro atoms. The average molecular weight is 245 g/mol. The van der Waals surface area contributed by atoms with Crippen LogP contribution in [0.4, 0.5) is 0 Å². The lowest BCUT2D eigenvalue weighted by molar-refractivity contribution is -0.144. The first kappa shape index (κ1) is 16.4. The molecule has 17 heavy (non-hydrogen) atoms. The summed E-state index contributed by atoms with van der Waals surface area (Å²) in [7, 11) is 1.64. The molecule has 2 N–H and O–H groups in total. The van der Waals surface area contributed by atoms with Gasteiger partial charge >= 0.3 is 5.97 Å². The Morgan fingerprint density at radius 2 is 2.00 bits per heavy atom. The minimum atomic E-state index is -0.0979. The van der Waals surface area contributed by atoms with Crippen LogP contribution in [-0.2, 0) is 14.3 Å². The van der Waals surface area contributed by atoms with Gasteiger partial charge in [-0.25, -0.2) is 0 Å². The van der Waals surface area contributed by atoms with Gasteiger partial charge in [0.15, 0.2) is 0 Å². The van der Waals surface area contributed by atoms with Crippen LogP contribution >= 0.6 is 0 Å². The van der Waals surface area contributed by atoms with Crippen LogP contribution in [0.3, 0.4) is 0 Å². The molecule has 0 aromatic heterocycles. The summed E-state index contributed by atoms with van der Waals surface area (Å²) in [6.45, 7) is 3.96. The number of hydrogen-bond donors (Lipinski definition) is 1. The first-order valence-corrected chi connectivity index (χ1v) is 6.59. The van der Waals surface area contributed by atoms with Crippen LogP contribution < -0.4 is 5.73 Å². The van der Waals surface area contributed by atoms with E-state index in [1.54, 1.807) is 7.11 Å². The van der Waals surface area contributed by atoms with Crippen molar-refractivity contribution in [1.29, 1.82) is 0 Å². The number of carbonyl (C=O) groups excluding carboxylic acids is 1. The van der Waals surface area contributed by atoms with Crippen LogP contribution in [0.5, 0.6) is 0 Å². The molecule has 1 atom stereocenters. The van der Waals surface area contributed by atoms with Crippen molar-refractivity contribution in [2.75, 3.05) is 26.9 Å². The third-order valence-electron chi connectivity index (χ3n) is 2.78. The fourth-order valence-electron chi connectivity index (χ4n) is 1.86. The van der Waals surface area contributed by atoms with Crippen molar-refractivity contribution in [2.45, 2.75) is 45.4 Å². The number of nitrogens with two attached hydrogens (primary N) is 1. The van der Waals surface area contributed by atoms with Gasteiger partial charge in [-0.05, 0) is 25.3 Å². The Bertz CT molecular complexity index is 180. The van der Waals surface area contributed by atoms with Gasteiger partial charge in [-0.15, -0.1) is 0 Å². The molecular weight excluding hydrogens is 218 g/mol. The summed E-state index contributed by atoms with van der Waals surface area (Å²) in [4.78, 5) is 11.4. The summed E-state index contributed by atoms with van der Waals surface area (Å²) in [6.07, 6.45) is 5.47. The Balaban J connectivity index is 3.57. The fourth-order valence-corrected chi connectivity index (χ4v) is 1.86. The van der Waals surface area contributed by atoms with Crippen molar-refractivity contribution >= 4 is 5.97 Å². The topological polar surface area (TPSA) is 61.6 Å². The molecule has 1 unspecified atom stereocenters. The van der Waals surface area contributed by atoms with Gasteiger partial charge in [-0.3, -0.25) is 4.79 Å². The minimum absolute atomic E-state index is 0.0979. The van der Waals surface area contributed by atoms with Crippen LogP contribution in [0, 0.1) is 5.92 Å². The zero-order valence-corrected chi connectivity index (χ0v) is 11.2. The van der Waals surface area contributed by atoms with E-state index in [1.165, 1.54) is 0 Å². The quantitative estimate of drug-likeness (QED) is 0.447. The highest BCUT2D eigenvalue weighted by molar-refractivity contribution is 5.69. The van der Waals surface area contributed by atoms with E-state index in [1.807, 2.05) is 0 Å². The smallest absolute Gasteiger partial charge is 0.305 e. The number of esters is 1. The maximum Gasteiger partial charge on any atom is 0.305 e. The molecule has 0 radical (unpaired) electrons. The summed E-state index contributed by atoms with van der Waals surface area (Å²) in [5.41, 5.74) is 5.55. The second kappa shape index (κ2) is 11.9. The fraction of sp³-hybridized carbons (Fsp3) is 0.923. The normalized spacial score (nSPS) is 12.4. The molecule has 0 aromatic carbocycles. The first-order valence-electron chi connectivity index (χ1n) is 6.59. The summed E-state index contributed by atoms with van der Waals surface area (Å²) in [5.74, 6) is 0.468. The predicted molar refractivity (Wildman–Crippen MR) is 68.8 cm³/mol. The number of methoxy groups -OCH3 is 1. The van der Waals surface area contributed by atoms with Crippen molar-refractivity contribution in [3.63, 3.8) is 0 Å². The van der Waals surface area contributed by atoms with Crippen LogP contribution in [0.1, 0.15) is 45.4 Å². The van der Waals surface area contributed by atoms with Crippen molar-refractivity contribution < 1.29 is 14.3 Å². The summed E-state index contributed by atoms with van der Waals surface area (Å²) >= 11 is 0. The molecule has 0 aliphatic rings. The standard InChI is InChI=1S/C13H27NO3/c1-3-5-12(8-9-14)6-7-13(15)17-11-4-10-16-2/h12H,3-11,14H2,1-2H3. The third-order valence-corrected chi connectivity index (χ3v) is 2.78.